The molecule has 0 radical (unpaired) electrons. The highest BCUT2D eigenvalue weighted by atomic mass is 19.4. The highest BCUT2D eigenvalue weighted by molar-refractivity contribution is 5.92. The van der Waals surface area contributed by atoms with Crippen LogP contribution in [0.2, 0.25) is 0 Å². The zero-order valence-electron chi connectivity index (χ0n) is 15.7. The van der Waals surface area contributed by atoms with Gasteiger partial charge in [0.25, 0.3) is 0 Å². The van der Waals surface area contributed by atoms with Crippen molar-refractivity contribution in [2.45, 2.75) is 19.6 Å². The average molecular weight is 392 g/mol. The van der Waals surface area contributed by atoms with Crippen LogP contribution in [0.5, 0.6) is 0 Å². The van der Waals surface area contributed by atoms with Crippen LogP contribution in [0.3, 0.4) is 0 Å². The van der Waals surface area contributed by atoms with Crippen molar-refractivity contribution in [3.8, 4) is 0 Å². The second kappa shape index (κ2) is 8.70. The number of alkyl halides is 3. The number of carbonyl (C=O) groups is 1. The fourth-order valence-corrected chi connectivity index (χ4v) is 3.19. The summed E-state index contributed by atoms with van der Waals surface area (Å²) in [4.78, 5) is 20.7. The average Bonchev–Trinajstić information content (AvgIpc) is 2.65. The normalized spacial score (nSPS) is 16.1. The van der Waals surface area contributed by atoms with Gasteiger partial charge in [-0.1, -0.05) is 6.07 Å². The van der Waals surface area contributed by atoms with Gasteiger partial charge in [-0.05, 0) is 42.3 Å². The molecule has 2 heterocycles. The van der Waals surface area contributed by atoms with Crippen molar-refractivity contribution < 1.29 is 18.0 Å². The first-order chi connectivity index (χ1) is 13.3. The fourth-order valence-electron chi connectivity index (χ4n) is 3.19. The fraction of sp³-hybridized carbons (Fsp3) is 0.400. The lowest BCUT2D eigenvalue weighted by molar-refractivity contribution is -0.137. The maximum atomic E-state index is 12.8. The Hall–Kier alpha value is -2.45. The third-order valence-corrected chi connectivity index (χ3v) is 4.85. The predicted octanol–water partition coefficient (Wildman–Crippen LogP) is 3.17. The summed E-state index contributed by atoms with van der Waals surface area (Å²) in [6.07, 6.45) is -0.770. The highest BCUT2D eigenvalue weighted by Crippen LogP contribution is 2.30. The summed E-state index contributed by atoms with van der Waals surface area (Å²) in [5.41, 5.74) is 1.78. The number of nitrogens with one attached hydrogen (secondary N) is 1. The Morgan fingerprint density at radius 1 is 1.14 bits per heavy atom. The van der Waals surface area contributed by atoms with Gasteiger partial charge >= 0.3 is 6.18 Å². The van der Waals surface area contributed by atoms with Gasteiger partial charge in [-0.15, -0.1) is 0 Å². The number of carbonyl (C=O) groups excluding carboxylic acids is 1. The Kier molecular flexibility index (Phi) is 6.31. The number of hydrogen-bond donors (Lipinski definition) is 1. The first kappa shape index (κ1) is 20.3. The molecule has 0 spiro atoms. The van der Waals surface area contributed by atoms with Gasteiger partial charge in [0, 0.05) is 50.8 Å². The van der Waals surface area contributed by atoms with E-state index in [1.54, 1.807) is 6.20 Å². The topological polar surface area (TPSA) is 48.5 Å². The van der Waals surface area contributed by atoms with E-state index < -0.39 is 11.7 Å². The molecule has 1 N–H and O–H groups in total. The Labute approximate surface area is 162 Å². The monoisotopic (exact) mass is 392 g/mol. The molecule has 1 aromatic heterocycles. The summed E-state index contributed by atoms with van der Waals surface area (Å²) in [6, 6.07) is 6.67. The molecule has 0 saturated carbocycles. The molecular formula is C20H23F3N4O. The summed E-state index contributed by atoms with van der Waals surface area (Å²) in [6.45, 7) is 6.16. The van der Waals surface area contributed by atoms with E-state index in [4.69, 9.17) is 0 Å². The molecule has 0 unspecified atom stereocenters. The Bertz CT molecular complexity index is 817. The van der Waals surface area contributed by atoms with Crippen molar-refractivity contribution in [2.24, 2.45) is 0 Å². The molecule has 0 atom stereocenters. The minimum absolute atomic E-state index is 0.158. The smallest absolute Gasteiger partial charge is 0.325 e. The maximum Gasteiger partial charge on any atom is 0.416 e. The van der Waals surface area contributed by atoms with E-state index in [2.05, 4.69) is 22.1 Å². The number of halogens is 3. The summed E-state index contributed by atoms with van der Waals surface area (Å²) in [7, 11) is 0. The van der Waals surface area contributed by atoms with Gasteiger partial charge in [0.05, 0.1) is 12.1 Å². The van der Waals surface area contributed by atoms with E-state index in [-0.39, 0.29) is 18.1 Å². The van der Waals surface area contributed by atoms with Gasteiger partial charge in [0.15, 0.2) is 0 Å². The molecule has 1 fully saturated rings. The molecule has 28 heavy (non-hydrogen) atoms. The lowest BCUT2D eigenvalue weighted by atomic mass is 10.1. The minimum Gasteiger partial charge on any atom is -0.325 e. The summed E-state index contributed by atoms with van der Waals surface area (Å²) >= 11 is 0. The lowest BCUT2D eigenvalue weighted by Gasteiger charge is -2.34. The first-order valence-electron chi connectivity index (χ1n) is 9.12. The van der Waals surface area contributed by atoms with Gasteiger partial charge in [0.2, 0.25) is 5.91 Å². The number of amides is 1. The van der Waals surface area contributed by atoms with Gasteiger partial charge in [0.1, 0.15) is 0 Å². The Morgan fingerprint density at radius 2 is 1.86 bits per heavy atom. The van der Waals surface area contributed by atoms with Crippen LogP contribution in [0.1, 0.15) is 16.7 Å². The van der Waals surface area contributed by atoms with Gasteiger partial charge < -0.3 is 5.32 Å². The van der Waals surface area contributed by atoms with Crippen LogP contribution >= 0.6 is 0 Å². The number of nitrogens with zero attached hydrogens (tertiary/aromatic N) is 3. The third kappa shape index (κ3) is 5.53. The molecule has 1 aromatic carbocycles. The number of aryl methyl sites for hydroxylation is 1. The molecule has 1 amide bonds. The molecule has 1 aliphatic heterocycles. The molecule has 5 nitrogen and oxygen atoms in total. The van der Waals surface area contributed by atoms with E-state index in [0.29, 0.717) is 0 Å². The Balaban J connectivity index is 1.47. The molecule has 1 aliphatic rings. The van der Waals surface area contributed by atoms with E-state index in [9.17, 15) is 18.0 Å². The van der Waals surface area contributed by atoms with Crippen LogP contribution < -0.4 is 5.32 Å². The van der Waals surface area contributed by atoms with E-state index in [1.807, 2.05) is 17.2 Å². The molecule has 150 valence electrons. The van der Waals surface area contributed by atoms with E-state index in [0.717, 1.165) is 44.9 Å². The van der Waals surface area contributed by atoms with Crippen LogP contribution in [0.25, 0.3) is 0 Å². The van der Waals surface area contributed by atoms with Crippen molar-refractivity contribution in [1.82, 2.24) is 14.8 Å². The molecule has 3 rings (SSSR count). The number of piperazine rings is 1. The molecule has 0 bridgehead atoms. The number of anilines is 1. The molecule has 1 saturated heterocycles. The van der Waals surface area contributed by atoms with Crippen molar-refractivity contribution >= 4 is 11.6 Å². The van der Waals surface area contributed by atoms with Crippen LogP contribution in [0.4, 0.5) is 18.9 Å². The van der Waals surface area contributed by atoms with Crippen LogP contribution in [0, 0.1) is 6.92 Å². The highest BCUT2D eigenvalue weighted by Gasteiger charge is 2.30. The SMILES string of the molecule is Cc1ccncc1CN1CCN(CC(=O)Nc2cccc(C(F)(F)F)c2)CC1. The van der Waals surface area contributed by atoms with Crippen LogP contribution in [-0.4, -0.2) is 53.4 Å². The van der Waals surface area contributed by atoms with Crippen molar-refractivity contribution in [3.05, 3.63) is 59.4 Å². The second-order valence-electron chi connectivity index (χ2n) is 6.98. The maximum absolute atomic E-state index is 12.8. The summed E-state index contributed by atoms with van der Waals surface area (Å²) < 4.78 is 38.3. The minimum atomic E-state index is -4.43. The van der Waals surface area contributed by atoms with E-state index >= 15 is 0 Å². The number of pyridine rings is 1. The molecule has 0 aliphatic carbocycles. The standard InChI is InChI=1S/C20H23F3N4O/c1-15-5-6-24-12-16(15)13-26-7-9-27(10-8-26)14-19(28)25-18-4-2-3-17(11-18)20(21,22)23/h2-6,11-12H,7-10,13-14H2,1H3,(H,25,28). The van der Waals surface area contributed by atoms with Crippen LogP contribution in [0.15, 0.2) is 42.7 Å². The molecular weight excluding hydrogens is 369 g/mol. The quantitative estimate of drug-likeness (QED) is 0.849. The van der Waals surface area contributed by atoms with Crippen molar-refractivity contribution in [1.29, 1.82) is 0 Å². The Morgan fingerprint density at radius 3 is 2.54 bits per heavy atom. The summed E-state index contributed by atoms with van der Waals surface area (Å²) in [5.74, 6) is -0.309. The second-order valence-corrected chi connectivity index (χ2v) is 6.98. The summed E-state index contributed by atoms with van der Waals surface area (Å²) in [5, 5.41) is 2.56. The lowest BCUT2D eigenvalue weighted by Crippen LogP contribution is -2.48. The van der Waals surface area contributed by atoms with Gasteiger partial charge in [-0.3, -0.25) is 19.6 Å². The van der Waals surface area contributed by atoms with Gasteiger partial charge in [-0.2, -0.15) is 13.2 Å². The first-order valence-corrected chi connectivity index (χ1v) is 9.12. The molecule has 8 heteroatoms. The zero-order chi connectivity index (χ0) is 20.1. The third-order valence-electron chi connectivity index (χ3n) is 4.85. The number of hydrogen-bond acceptors (Lipinski definition) is 4. The predicted molar refractivity (Wildman–Crippen MR) is 101 cm³/mol. The van der Waals surface area contributed by atoms with Crippen molar-refractivity contribution in [3.63, 3.8) is 0 Å². The van der Waals surface area contributed by atoms with Gasteiger partial charge in [-0.25, -0.2) is 0 Å². The molecule has 2 aromatic rings. The largest absolute Gasteiger partial charge is 0.416 e. The zero-order valence-corrected chi connectivity index (χ0v) is 15.7. The van der Waals surface area contributed by atoms with Crippen LogP contribution in [-0.2, 0) is 17.5 Å². The number of benzene rings is 1. The van der Waals surface area contributed by atoms with Crippen molar-refractivity contribution in [2.75, 3.05) is 38.0 Å². The van der Waals surface area contributed by atoms with E-state index in [1.165, 1.54) is 23.3 Å². The number of rotatable bonds is 5. The number of aromatic nitrogens is 1.